The Kier molecular flexibility index (Phi) is 4.38. The van der Waals surface area contributed by atoms with Gasteiger partial charge in [-0.2, -0.15) is 0 Å². The Bertz CT molecular complexity index is 993. The Labute approximate surface area is 156 Å². The van der Waals surface area contributed by atoms with Crippen LogP contribution in [0.15, 0.2) is 95.6 Å². The number of hydrogen-bond donors (Lipinski definition) is 0. The molecule has 0 fully saturated rings. The van der Waals surface area contributed by atoms with Crippen LogP contribution in [0.3, 0.4) is 0 Å². The van der Waals surface area contributed by atoms with Crippen molar-refractivity contribution in [2.45, 2.75) is 0 Å². The molecule has 1 amide bonds. The molecule has 0 saturated carbocycles. The lowest BCUT2D eigenvalue weighted by atomic mass is 10.1. The van der Waals surface area contributed by atoms with Crippen molar-refractivity contribution >= 4 is 35.1 Å². The van der Waals surface area contributed by atoms with Gasteiger partial charge in [0.15, 0.2) is 0 Å². The van der Waals surface area contributed by atoms with E-state index in [0.29, 0.717) is 16.6 Å². The zero-order valence-corrected chi connectivity index (χ0v) is 14.6. The normalized spacial score (nSPS) is 15.4. The fourth-order valence-electron chi connectivity index (χ4n) is 2.83. The number of nitrogens with zero attached hydrogens (tertiary/aromatic N) is 2. The van der Waals surface area contributed by atoms with Gasteiger partial charge in [-0.1, -0.05) is 72.3 Å². The fourth-order valence-corrected chi connectivity index (χ4v) is 2.96. The number of halogens is 1. The van der Waals surface area contributed by atoms with E-state index in [4.69, 9.17) is 11.6 Å². The molecule has 4 heteroatoms. The molecular weight excluding hydrogens is 344 g/mol. The Morgan fingerprint density at radius 3 is 2.08 bits per heavy atom. The van der Waals surface area contributed by atoms with Gasteiger partial charge in [-0.3, -0.25) is 9.69 Å². The third-order valence-electron chi connectivity index (χ3n) is 4.08. The molecule has 126 valence electrons. The van der Waals surface area contributed by atoms with Crippen LogP contribution >= 0.6 is 11.6 Å². The first-order valence-corrected chi connectivity index (χ1v) is 8.61. The number of carbonyl (C=O) groups excluding carboxylic acids is 1. The van der Waals surface area contributed by atoms with Gasteiger partial charge in [-0.15, -0.1) is 0 Å². The molecule has 0 spiro atoms. The summed E-state index contributed by atoms with van der Waals surface area (Å²) >= 11 is 6.00. The number of anilines is 1. The van der Waals surface area contributed by atoms with Crippen LogP contribution in [0.5, 0.6) is 0 Å². The van der Waals surface area contributed by atoms with E-state index >= 15 is 0 Å². The van der Waals surface area contributed by atoms with Crippen LogP contribution in [-0.2, 0) is 4.79 Å². The summed E-state index contributed by atoms with van der Waals surface area (Å²) in [5.41, 5.74) is 2.96. The van der Waals surface area contributed by atoms with E-state index in [1.807, 2.05) is 72.8 Å². The lowest BCUT2D eigenvalue weighted by Crippen LogP contribution is -2.32. The van der Waals surface area contributed by atoms with Crippen molar-refractivity contribution in [1.82, 2.24) is 0 Å². The molecule has 0 saturated heterocycles. The second-order valence-corrected chi connectivity index (χ2v) is 6.30. The summed E-state index contributed by atoms with van der Waals surface area (Å²) < 4.78 is 0. The van der Waals surface area contributed by atoms with Crippen molar-refractivity contribution in [1.29, 1.82) is 0 Å². The summed E-state index contributed by atoms with van der Waals surface area (Å²) in [6.45, 7) is 0. The van der Waals surface area contributed by atoms with Gasteiger partial charge in [-0.05, 0) is 35.9 Å². The summed E-state index contributed by atoms with van der Waals surface area (Å²) in [5, 5.41) is 0.624. The van der Waals surface area contributed by atoms with Gasteiger partial charge in [0.1, 0.15) is 11.5 Å². The first-order chi connectivity index (χ1) is 12.7. The monoisotopic (exact) mass is 358 g/mol. The van der Waals surface area contributed by atoms with Crippen molar-refractivity contribution in [2.75, 3.05) is 4.90 Å². The van der Waals surface area contributed by atoms with E-state index in [2.05, 4.69) is 4.99 Å². The molecule has 0 unspecified atom stereocenters. The molecule has 0 aliphatic carbocycles. The molecule has 0 N–H and O–H groups in total. The van der Waals surface area contributed by atoms with E-state index in [1.54, 1.807) is 23.1 Å². The second kappa shape index (κ2) is 6.98. The van der Waals surface area contributed by atoms with Crippen LogP contribution in [0, 0.1) is 0 Å². The molecule has 0 aromatic heterocycles. The lowest BCUT2D eigenvalue weighted by Gasteiger charge is -2.18. The first kappa shape index (κ1) is 16.3. The number of hydrogen-bond acceptors (Lipinski definition) is 2. The highest BCUT2D eigenvalue weighted by atomic mass is 35.5. The Hall–Kier alpha value is -3.17. The molecule has 3 aromatic carbocycles. The number of amidine groups is 1. The molecule has 1 heterocycles. The van der Waals surface area contributed by atoms with Crippen molar-refractivity contribution in [3.05, 3.63) is 107 Å². The summed E-state index contributed by atoms with van der Waals surface area (Å²) in [7, 11) is 0. The Morgan fingerprint density at radius 2 is 1.42 bits per heavy atom. The minimum atomic E-state index is -0.157. The lowest BCUT2D eigenvalue weighted by molar-refractivity contribution is -0.113. The SMILES string of the molecule is O=C1C(=Cc2ccccc2)N=C(c2ccccc2)N1c1ccc(Cl)cc1. The average Bonchev–Trinajstić information content (AvgIpc) is 3.00. The van der Waals surface area contributed by atoms with Gasteiger partial charge in [0.2, 0.25) is 0 Å². The van der Waals surface area contributed by atoms with Gasteiger partial charge >= 0.3 is 0 Å². The molecule has 0 radical (unpaired) electrons. The van der Waals surface area contributed by atoms with Gasteiger partial charge in [-0.25, -0.2) is 4.99 Å². The topological polar surface area (TPSA) is 32.7 Å². The molecule has 0 atom stereocenters. The quantitative estimate of drug-likeness (QED) is 0.594. The largest absolute Gasteiger partial charge is 0.282 e. The minimum absolute atomic E-state index is 0.157. The van der Waals surface area contributed by atoms with Crippen LogP contribution < -0.4 is 4.90 Å². The zero-order chi connectivity index (χ0) is 17.9. The van der Waals surface area contributed by atoms with Crippen molar-refractivity contribution in [3.8, 4) is 0 Å². The highest BCUT2D eigenvalue weighted by Crippen LogP contribution is 2.28. The van der Waals surface area contributed by atoms with Crippen LogP contribution in [0.1, 0.15) is 11.1 Å². The van der Waals surface area contributed by atoms with Crippen LogP contribution in [0.4, 0.5) is 5.69 Å². The average molecular weight is 359 g/mol. The van der Waals surface area contributed by atoms with Crippen molar-refractivity contribution < 1.29 is 4.79 Å². The Morgan fingerprint density at radius 1 is 0.808 bits per heavy atom. The second-order valence-electron chi connectivity index (χ2n) is 5.86. The van der Waals surface area contributed by atoms with E-state index in [9.17, 15) is 4.79 Å². The number of benzene rings is 3. The van der Waals surface area contributed by atoms with Crippen molar-refractivity contribution in [2.24, 2.45) is 4.99 Å². The number of aliphatic imine (C=N–C) groups is 1. The molecule has 4 rings (SSSR count). The minimum Gasteiger partial charge on any atom is -0.266 e. The number of carbonyl (C=O) groups is 1. The van der Waals surface area contributed by atoms with Crippen LogP contribution in [-0.4, -0.2) is 11.7 Å². The fraction of sp³-hybridized carbons (Fsp3) is 0. The smallest absolute Gasteiger partial charge is 0.266 e. The number of amides is 1. The first-order valence-electron chi connectivity index (χ1n) is 8.23. The van der Waals surface area contributed by atoms with E-state index in [1.165, 1.54) is 0 Å². The van der Waals surface area contributed by atoms with E-state index in [0.717, 1.165) is 16.8 Å². The van der Waals surface area contributed by atoms with Crippen LogP contribution in [0.25, 0.3) is 6.08 Å². The van der Waals surface area contributed by atoms with E-state index < -0.39 is 0 Å². The predicted octanol–water partition coefficient (Wildman–Crippen LogP) is 5.17. The highest BCUT2D eigenvalue weighted by molar-refractivity contribution is 6.33. The molecule has 0 bridgehead atoms. The Balaban J connectivity index is 1.82. The summed E-state index contributed by atoms with van der Waals surface area (Å²) in [5.74, 6) is 0.454. The molecule has 26 heavy (non-hydrogen) atoms. The number of rotatable bonds is 3. The summed E-state index contributed by atoms with van der Waals surface area (Å²) in [6.07, 6.45) is 1.81. The summed E-state index contributed by atoms with van der Waals surface area (Å²) in [6, 6.07) is 26.6. The van der Waals surface area contributed by atoms with Crippen molar-refractivity contribution in [3.63, 3.8) is 0 Å². The van der Waals surface area contributed by atoms with Gasteiger partial charge in [0, 0.05) is 10.6 Å². The van der Waals surface area contributed by atoms with Gasteiger partial charge in [0.05, 0.1) is 5.69 Å². The third kappa shape index (κ3) is 3.17. The van der Waals surface area contributed by atoms with Gasteiger partial charge in [0.25, 0.3) is 5.91 Å². The molecule has 1 aliphatic heterocycles. The zero-order valence-electron chi connectivity index (χ0n) is 13.8. The van der Waals surface area contributed by atoms with E-state index in [-0.39, 0.29) is 5.91 Å². The third-order valence-corrected chi connectivity index (χ3v) is 4.33. The standard InChI is InChI=1S/C22H15ClN2O/c23-18-11-13-19(14-12-18)25-21(17-9-5-2-6-10-17)24-20(22(25)26)15-16-7-3-1-4-8-16/h1-15H. The maximum Gasteiger partial charge on any atom is 0.282 e. The molecule has 1 aliphatic rings. The molecule has 3 nitrogen and oxygen atoms in total. The maximum atomic E-state index is 13.1. The molecule has 3 aromatic rings. The summed E-state index contributed by atoms with van der Waals surface area (Å²) in [4.78, 5) is 19.4. The van der Waals surface area contributed by atoms with Gasteiger partial charge < -0.3 is 0 Å². The predicted molar refractivity (Wildman–Crippen MR) is 106 cm³/mol. The molecular formula is C22H15ClN2O. The maximum absolute atomic E-state index is 13.1. The highest BCUT2D eigenvalue weighted by Gasteiger charge is 2.32. The van der Waals surface area contributed by atoms with Crippen LogP contribution in [0.2, 0.25) is 5.02 Å².